The molecule has 3 rings (SSSR count). The highest BCUT2D eigenvalue weighted by atomic mass is 35.5. The largest absolute Gasteiger partial charge is 0.417 e. The van der Waals surface area contributed by atoms with E-state index in [2.05, 4.69) is 15.5 Å². The fraction of sp³-hybridized carbons (Fsp3) is 0.188. The van der Waals surface area contributed by atoms with Gasteiger partial charge >= 0.3 is 6.18 Å². The highest BCUT2D eigenvalue weighted by Gasteiger charge is 2.32. The number of hydrogen-bond acceptors (Lipinski definition) is 6. The molecule has 152 valence electrons. The second kappa shape index (κ2) is 7.87. The minimum atomic E-state index is -4.60. The third kappa shape index (κ3) is 4.59. The van der Waals surface area contributed by atoms with Crippen LogP contribution in [0.25, 0.3) is 5.65 Å². The van der Waals surface area contributed by atoms with Crippen LogP contribution in [0.2, 0.25) is 5.02 Å². The summed E-state index contributed by atoms with van der Waals surface area (Å²) in [6, 6.07) is 4.72. The van der Waals surface area contributed by atoms with Gasteiger partial charge in [0, 0.05) is 24.0 Å². The average molecular weight is 446 g/mol. The molecule has 0 aliphatic heterocycles. The maximum absolute atomic E-state index is 13.0. The molecule has 0 saturated heterocycles. The first-order chi connectivity index (χ1) is 13.6. The highest BCUT2D eigenvalue weighted by Crippen LogP contribution is 2.33. The summed E-state index contributed by atoms with van der Waals surface area (Å²) in [6.45, 7) is 1.60. The molecule has 2 aromatic heterocycles. The van der Waals surface area contributed by atoms with Gasteiger partial charge in [-0.25, -0.2) is 0 Å². The standard InChI is InChI=1S/C16H11ClF3N5O3S/c1-8-4-10(25(27)28)2-3-12(8)21-13(26)7-29-15-23-22-14-11(17)5-9(6-24(14)15)16(18,19)20/h2-6H,7H2,1H3,(H,21,26). The summed E-state index contributed by atoms with van der Waals surface area (Å²) in [5.41, 5.74) is -0.166. The van der Waals surface area contributed by atoms with Crippen molar-refractivity contribution in [1.82, 2.24) is 14.6 Å². The number of aryl methyl sites for hydroxylation is 1. The van der Waals surface area contributed by atoms with Crippen LogP contribution in [0.3, 0.4) is 0 Å². The van der Waals surface area contributed by atoms with Crippen LogP contribution in [0, 0.1) is 17.0 Å². The molecule has 0 saturated carbocycles. The topological polar surface area (TPSA) is 102 Å². The zero-order valence-corrected chi connectivity index (χ0v) is 16.1. The molecular formula is C16H11ClF3N5O3S. The van der Waals surface area contributed by atoms with Crippen LogP contribution < -0.4 is 5.32 Å². The maximum atomic E-state index is 13.0. The van der Waals surface area contributed by atoms with Crippen molar-refractivity contribution in [3.63, 3.8) is 0 Å². The van der Waals surface area contributed by atoms with Crippen molar-refractivity contribution in [3.05, 3.63) is 56.7 Å². The van der Waals surface area contributed by atoms with Crippen molar-refractivity contribution in [2.75, 3.05) is 11.1 Å². The Morgan fingerprint density at radius 3 is 2.69 bits per heavy atom. The van der Waals surface area contributed by atoms with Crippen molar-refractivity contribution >= 4 is 46.3 Å². The van der Waals surface area contributed by atoms with Gasteiger partial charge in [-0.3, -0.25) is 19.3 Å². The number of nitro benzene ring substituents is 1. The number of aromatic nitrogens is 3. The molecule has 13 heteroatoms. The Morgan fingerprint density at radius 2 is 2.07 bits per heavy atom. The summed E-state index contributed by atoms with van der Waals surface area (Å²) < 4.78 is 40.0. The van der Waals surface area contributed by atoms with E-state index in [0.29, 0.717) is 11.3 Å². The first-order valence-corrected chi connectivity index (χ1v) is 9.22. The van der Waals surface area contributed by atoms with Crippen molar-refractivity contribution in [3.8, 4) is 0 Å². The summed E-state index contributed by atoms with van der Waals surface area (Å²) in [5, 5.41) is 20.7. The SMILES string of the molecule is Cc1cc([N+](=O)[O-])ccc1NC(=O)CSc1nnc2c(Cl)cc(C(F)(F)F)cn12. The Morgan fingerprint density at radius 1 is 1.34 bits per heavy atom. The van der Waals surface area contributed by atoms with E-state index in [1.165, 1.54) is 18.2 Å². The summed E-state index contributed by atoms with van der Waals surface area (Å²) in [7, 11) is 0. The molecule has 3 aromatic rings. The molecule has 0 spiro atoms. The lowest BCUT2D eigenvalue weighted by atomic mass is 10.2. The van der Waals surface area contributed by atoms with Gasteiger partial charge in [-0.15, -0.1) is 10.2 Å². The third-order valence-electron chi connectivity index (χ3n) is 3.78. The molecular weight excluding hydrogens is 435 g/mol. The number of fused-ring (bicyclic) bond motifs is 1. The van der Waals surface area contributed by atoms with E-state index >= 15 is 0 Å². The number of carbonyl (C=O) groups excluding carboxylic acids is 1. The van der Waals surface area contributed by atoms with E-state index in [1.54, 1.807) is 6.92 Å². The molecule has 1 amide bonds. The van der Waals surface area contributed by atoms with Crippen LogP contribution in [0.1, 0.15) is 11.1 Å². The monoisotopic (exact) mass is 445 g/mol. The zero-order valence-electron chi connectivity index (χ0n) is 14.5. The predicted octanol–water partition coefficient (Wildman–Crippen LogP) is 4.35. The van der Waals surface area contributed by atoms with E-state index in [4.69, 9.17) is 11.6 Å². The number of halogens is 4. The van der Waals surface area contributed by atoms with Gasteiger partial charge in [0.05, 0.1) is 21.3 Å². The van der Waals surface area contributed by atoms with Gasteiger partial charge < -0.3 is 5.32 Å². The van der Waals surface area contributed by atoms with E-state index in [9.17, 15) is 28.1 Å². The van der Waals surface area contributed by atoms with E-state index < -0.39 is 22.6 Å². The van der Waals surface area contributed by atoms with Crippen molar-refractivity contribution in [2.45, 2.75) is 18.3 Å². The second-order valence-electron chi connectivity index (χ2n) is 5.84. The number of alkyl halides is 3. The molecule has 29 heavy (non-hydrogen) atoms. The van der Waals surface area contributed by atoms with Gasteiger partial charge in [0.25, 0.3) is 5.69 Å². The number of amides is 1. The van der Waals surface area contributed by atoms with Crippen LogP contribution in [0.15, 0.2) is 35.6 Å². The minimum Gasteiger partial charge on any atom is -0.325 e. The number of non-ortho nitro benzene ring substituents is 1. The number of benzene rings is 1. The van der Waals surface area contributed by atoms with E-state index in [0.717, 1.165) is 28.4 Å². The number of rotatable bonds is 5. The lowest BCUT2D eigenvalue weighted by Gasteiger charge is -2.09. The number of anilines is 1. The molecule has 0 aliphatic carbocycles. The van der Waals surface area contributed by atoms with Gasteiger partial charge in [-0.1, -0.05) is 23.4 Å². The molecule has 0 radical (unpaired) electrons. The first kappa shape index (κ1) is 20.9. The van der Waals surface area contributed by atoms with E-state index in [1.807, 2.05) is 0 Å². The number of nitrogens with zero attached hydrogens (tertiary/aromatic N) is 4. The minimum absolute atomic E-state index is 0.0359. The third-order valence-corrected chi connectivity index (χ3v) is 5.00. The Balaban J connectivity index is 1.74. The highest BCUT2D eigenvalue weighted by molar-refractivity contribution is 7.99. The predicted molar refractivity (Wildman–Crippen MR) is 100 cm³/mol. The van der Waals surface area contributed by atoms with Gasteiger partial charge in [0.15, 0.2) is 10.8 Å². The number of nitrogens with one attached hydrogen (secondary N) is 1. The van der Waals surface area contributed by atoms with Crippen LogP contribution in [0.4, 0.5) is 24.5 Å². The fourth-order valence-electron chi connectivity index (χ4n) is 2.41. The first-order valence-electron chi connectivity index (χ1n) is 7.85. The summed E-state index contributed by atoms with van der Waals surface area (Å²) in [5.74, 6) is -0.646. The lowest BCUT2D eigenvalue weighted by molar-refractivity contribution is -0.384. The molecule has 0 atom stereocenters. The van der Waals surface area contributed by atoms with E-state index in [-0.39, 0.29) is 27.3 Å². The molecule has 1 N–H and O–H groups in total. The van der Waals surface area contributed by atoms with Crippen molar-refractivity contribution in [2.24, 2.45) is 0 Å². The second-order valence-corrected chi connectivity index (χ2v) is 7.19. The van der Waals surface area contributed by atoms with Crippen LogP contribution in [0.5, 0.6) is 0 Å². The maximum Gasteiger partial charge on any atom is 0.417 e. The number of carbonyl (C=O) groups is 1. The Bertz CT molecular complexity index is 1120. The van der Waals surface area contributed by atoms with Gasteiger partial charge in [0.2, 0.25) is 5.91 Å². The van der Waals surface area contributed by atoms with Crippen LogP contribution >= 0.6 is 23.4 Å². The normalized spacial score (nSPS) is 11.6. The van der Waals surface area contributed by atoms with Crippen LogP contribution in [-0.4, -0.2) is 31.2 Å². The molecule has 2 heterocycles. The molecule has 0 aliphatic rings. The Kier molecular flexibility index (Phi) is 5.66. The lowest BCUT2D eigenvalue weighted by Crippen LogP contribution is -2.15. The Hall–Kier alpha value is -2.86. The molecule has 0 bridgehead atoms. The molecule has 0 unspecified atom stereocenters. The number of pyridine rings is 1. The molecule has 1 aromatic carbocycles. The Labute approximate surface area is 170 Å². The number of nitro groups is 1. The summed E-state index contributed by atoms with van der Waals surface area (Å²) >= 11 is 6.71. The fourth-order valence-corrected chi connectivity index (χ4v) is 3.36. The van der Waals surface area contributed by atoms with Gasteiger partial charge in [0.1, 0.15) is 0 Å². The van der Waals surface area contributed by atoms with Gasteiger partial charge in [-0.2, -0.15) is 13.2 Å². The quantitative estimate of drug-likeness (QED) is 0.356. The smallest absolute Gasteiger partial charge is 0.325 e. The molecule has 8 nitrogen and oxygen atoms in total. The van der Waals surface area contributed by atoms with Crippen LogP contribution in [-0.2, 0) is 11.0 Å². The summed E-state index contributed by atoms with van der Waals surface area (Å²) in [4.78, 5) is 22.4. The van der Waals surface area contributed by atoms with Crippen molar-refractivity contribution < 1.29 is 22.9 Å². The molecule has 0 fully saturated rings. The number of thioether (sulfide) groups is 1. The average Bonchev–Trinajstić information content (AvgIpc) is 3.04. The zero-order chi connectivity index (χ0) is 21.3. The summed E-state index contributed by atoms with van der Waals surface area (Å²) in [6.07, 6.45) is -3.79. The van der Waals surface area contributed by atoms with Crippen molar-refractivity contribution in [1.29, 1.82) is 0 Å². The van der Waals surface area contributed by atoms with Gasteiger partial charge in [-0.05, 0) is 24.6 Å². The number of hydrogen-bond donors (Lipinski definition) is 1.